The summed E-state index contributed by atoms with van der Waals surface area (Å²) in [5.74, 6) is -0.218. The number of rotatable bonds is 7. The van der Waals surface area contributed by atoms with Gasteiger partial charge in [0.1, 0.15) is 0 Å². The van der Waals surface area contributed by atoms with Crippen LogP contribution in [0.2, 0.25) is 5.02 Å². The number of aromatic nitrogens is 3. The highest BCUT2D eigenvalue weighted by Gasteiger charge is 2.16. The standard InChI is InChI=1S/C15H20ClN5O.ClH/c1-3-7-17-8-9-18-15(22)14-11(2)21(20-19-14)13-6-4-5-12(16)10-13;/h4-6,10,17H,3,7-9H2,1-2H3,(H,18,22);1H. The van der Waals surface area contributed by atoms with Gasteiger partial charge in [0, 0.05) is 18.1 Å². The van der Waals surface area contributed by atoms with Crippen LogP contribution < -0.4 is 10.6 Å². The zero-order chi connectivity index (χ0) is 15.9. The van der Waals surface area contributed by atoms with Gasteiger partial charge < -0.3 is 10.6 Å². The Morgan fingerprint density at radius 2 is 2.09 bits per heavy atom. The van der Waals surface area contributed by atoms with Gasteiger partial charge in [0.25, 0.3) is 5.91 Å². The lowest BCUT2D eigenvalue weighted by Gasteiger charge is -2.06. The van der Waals surface area contributed by atoms with Gasteiger partial charge in [-0.15, -0.1) is 17.5 Å². The highest BCUT2D eigenvalue weighted by molar-refractivity contribution is 6.30. The average Bonchev–Trinajstić information content (AvgIpc) is 2.88. The number of halogens is 2. The first kappa shape index (κ1) is 19.4. The molecule has 8 heteroatoms. The minimum Gasteiger partial charge on any atom is -0.349 e. The smallest absolute Gasteiger partial charge is 0.273 e. The Labute approximate surface area is 147 Å². The fourth-order valence-corrected chi connectivity index (χ4v) is 2.23. The van der Waals surface area contributed by atoms with E-state index in [0.29, 0.717) is 23.0 Å². The fraction of sp³-hybridized carbons (Fsp3) is 0.400. The minimum atomic E-state index is -0.218. The second-order valence-electron chi connectivity index (χ2n) is 4.92. The van der Waals surface area contributed by atoms with Crippen molar-refractivity contribution >= 4 is 29.9 Å². The van der Waals surface area contributed by atoms with Gasteiger partial charge in [-0.3, -0.25) is 4.79 Å². The third-order valence-electron chi connectivity index (χ3n) is 3.18. The molecule has 2 rings (SSSR count). The minimum absolute atomic E-state index is 0. The van der Waals surface area contributed by atoms with Crippen LogP contribution in [-0.4, -0.2) is 40.5 Å². The van der Waals surface area contributed by atoms with Crippen molar-refractivity contribution in [3.63, 3.8) is 0 Å². The molecule has 0 bridgehead atoms. The van der Waals surface area contributed by atoms with Crippen LogP contribution in [0.25, 0.3) is 5.69 Å². The maximum atomic E-state index is 12.1. The largest absolute Gasteiger partial charge is 0.349 e. The molecule has 1 heterocycles. The maximum absolute atomic E-state index is 12.1. The number of hydrogen-bond acceptors (Lipinski definition) is 4. The summed E-state index contributed by atoms with van der Waals surface area (Å²) in [5.41, 5.74) is 1.79. The lowest BCUT2D eigenvalue weighted by atomic mass is 10.3. The molecular formula is C15H21Cl2N5O. The molecule has 0 aliphatic rings. The molecule has 0 fully saturated rings. The number of hydrogen-bond donors (Lipinski definition) is 2. The summed E-state index contributed by atoms with van der Waals surface area (Å²) in [6.45, 7) is 6.15. The van der Waals surface area contributed by atoms with Crippen LogP contribution in [0.15, 0.2) is 24.3 Å². The molecule has 6 nitrogen and oxygen atoms in total. The highest BCUT2D eigenvalue weighted by Crippen LogP contribution is 2.16. The van der Waals surface area contributed by atoms with Crippen LogP contribution in [0.3, 0.4) is 0 Å². The molecule has 1 aromatic carbocycles. The summed E-state index contributed by atoms with van der Waals surface area (Å²) < 4.78 is 1.61. The van der Waals surface area contributed by atoms with Gasteiger partial charge in [0.15, 0.2) is 5.69 Å². The summed E-state index contributed by atoms with van der Waals surface area (Å²) >= 11 is 5.98. The first-order chi connectivity index (χ1) is 10.6. The number of carbonyl (C=O) groups excluding carboxylic acids is 1. The topological polar surface area (TPSA) is 71.8 Å². The van der Waals surface area contributed by atoms with Crippen LogP contribution in [0, 0.1) is 6.92 Å². The Bertz CT molecular complexity index is 645. The molecule has 0 atom stereocenters. The van der Waals surface area contributed by atoms with Crippen molar-refractivity contribution in [1.29, 1.82) is 0 Å². The number of benzene rings is 1. The molecule has 0 saturated heterocycles. The van der Waals surface area contributed by atoms with E-state index >= 15 is 0 Å². The van der Waals surface area contributed by atoms with Gasteiger partial charge in [-0.2, -0.15) is 0 Å². The highest BCUT2D eigenvalue weighted by atomic mass is 35.5. The summed E-state index contributed by atoms with van der Waals surface area (Å²) in [6.07, 6.45) is 1.07. The molecule has 0 aliphatic carbocycles. The van der Waals surface area contributed by atoms with E-state index in [2.05, 4.69) is 27.9 Å². The summed E-state index contributed by atoms with van der Waals surface area (Å²) in [5, 5.41) is 14.7. The molecule has 2 aromatic rings. The van der Waals surface area contributed by atoms with E-state index < -0.39 is 0 Å². The predicted molar refractivity (Wildman–Crippen MR) is 93.8 cm³/mol. The molecule has 0 unspecified atom stereocenters. The Morgan fingerprint density at radius 3 is 2.78 bits per heavy atom. The van der Waals surface area contributed by atoms with E-state index in [0.717, 1.165) is 25.2 Å². The van der Waals surface area contributed by atoms with Crippen molar-refractivity contribution in [2.24, 2.45) is 0 Å². The van der Waals surface area contributed by atoms with E-state index in [1.54, 1.807) is 16.8 Å². The lowest BCUT2D eigenvalue weighted by molar-refractivity contribution is 0.0948. The van der Waals surface area contributed by atoms with Crippen molar-refractivity contribution in [3.05, 3.63) is 40.7 Å². The molecular weight excluding hydrogens is 337 g/mol. The van der Waals surface area contributed by atoms with Gasteiger partial charge >= 0.3 is 0 Å². The molecule has 23 heavy (non-hydrogen) atoms. The zero-order valence-electron chi connectivity index (χ0n) is 13.2. The second kappa shape index (κ2) is 9.50. The van der Waals surface area contributed by atoms with Gasteiger partial charge in [0.2, 0.25) is 0 Å². The first-order valence-corrected chi connectivity index (χ1v) is 7.68. The van der Waals surface area contributed by atoms with Gasteiger partial charge in [-0.25, -0.2) is 4.68 Å². The van der Waals surface area contributed by atoms with E-state index in [1.807, 2.05) is 19.1 Å². The fourth-order valence-electron chi connectivity index (χ4n) is 2.04. The molecule has 0 radical (unpaired) electrons. The summed E-state index contributed by atoms with van der Waals surface area (Å²) in [4.78, 5) is 12.1. The number of nitrogens with zero attached hydrogens (tertiary/aromatic N) is 3. The second-order valence-corrected chi connectivity index (χ2v) is 5.36. The van der Waals surface area contributed by atoms with Crippen LogP contribution >= 0.6 is 24.0 Å². The van der Waals surface area contributed by atoms with Crippen LogP contribution in [0.1, 0.15) is 29.5 Å². The van der Waals surface area contributed by atoms with Crippen molar-refractivity contribution in [2.45, 2.75) is 20.3 Å². The number of nitrogens with one attached hydrogen (secondary N) is 2. The van der Waals surface area contributed by atoms with Crippen molar-refractivity contribution in [3.8, 4) is 5.69 Å². The SMILES string of the molecule is CCCNCCNC(=O)c1nnn(-c2cccc(Cl)c2)c1C.Cl. The Hall–Kier alpha value is -1.63. The Kier molecular flexibility index (Phi) is 8.02. The van der Waals surface area contributed by atoms with Crippen molar-refractivity contribution in [1.82, 2.24) is 25.6 Å². The third kappa shape index (κ3) is 5.20. The number of amides is 1. The zero-order valence-corrected chi connectivity index (χ0v) is 14.7. The van der Waals surface area contributed by atoms with Gasteiger partial charge in [-0.1, -0.05) is 29.8 Å². The predicted octanol–water partition coefficient (Wildman–Crippen LogP) is 2.38. The van der Waals surface area contributed by atoms with E-state index in [4.69, 9.17) is 11.6 Å². The van der Waals surface area contributed by atoms with Crippen LogP contribution in [0.4, 0.5) is 0 Å². The first-order valence-electron chi connectivity index (χ1n) is 7.30. The van der Waals surface area contributed by atoms with Crippen molar-refractivity contribution < 1.29 is 4.79 Å². The molecule has 0 aliphatic heterocycles. The summed E-state index contributed by atoms with van der Waals surface area (Å²) in [6, 6.07) is 7.26. The Balaban J connectivity index is 0.00000264. The molecule has 0 spiro atoms. The number of carbonyl (C=O) groups is 1. The van der Waals surface area contributed by atoms with Gasteiger partial charge in [-0.05, 0) is 38.1 Å². The van der Waals surface area contributed by atoms with Gasteiger partial charge in [0.05, 0.1) is 11.4 Å². The van der Waals surface area contributed by atoms with Crippen molar-refractivity contribution in [2.75, 3.05) is 19.6 Å². The van der Waals surface area contributed by atoms with Crippen LogP contribution in [-0.2, 0) is 0 Å². The third-order valence-corrected chi connectivity index (χ3v) is 3.41. The van der Waals surface area contributed by atoms with E-state index in [-0.39, 0.29) is 18.3 Å². The Morgan fingerprint density at radius 1 is 1.30 bits per heavy atom. The summed E-state index contributed by atoms with van der Waals surface area (Å²) in [7, 11) is 0. The molecule has 1 amide bonds. The van der Waals surface area contributed by atoms with Crippen LogP contribution in [0.5, 0.6) is 0 Å². The maximum Gasteiger partial charge on any atom is 0.273 e. The molecule has 0 saturated carbocycles. The lowest BCUT2D eigenvalue weighted by Crippen LogP contribution is -2.32. The quantitative estimate of drug-likeness (QED) is 0.746. The normalized spacial score (nSPS) is 10.2. The molecule has 126 valence electrons. The average molecular weight is 358 g/mol. The molecule has 1 aromatic heterocycles. The van der Waals surface area contributed by atoms with E-state index in [1.165, 1.54) is 0 Å². The monoisotopic (exact) mass is 357 g/mol. The molecule has 2 N–H and O–H groups in total. The van der Waals surface area contributed by atoms with E-state index in [9.17, 15) is 4.79 Å².